The highest BCUT2D eigenvalue weighted by Gasteiger charge is 2.52. The first-order chi connectivity index (χ1) is 10.7. The minimum atomic E-state index is -0.350. The van der Waals surface area contributed by atoms with Gasteiger partial charge >= 0.3 is 6.09 Å². The van der Waals surface area contributed by atoms with E-state index in [4.69, 9.17) is 4.74 Å². The summed E-state index contributed by atoms with van der Waals surface area (Å²) >= 11 is 0. The third-order valence-electron chi connectivity index (χ3n) is 4.51. The number of hydrogen-bond donors (Lipinski definition) is 0. The van der Waals surface area contributed by atoms with Gasteiger partial charge in [0.1, 0.15) is 6.61 Å². The highest BCUT2D eigenvalue weighted by Crippen LogP contribution is 2.50. The monoisotopic (exact) mass is 296 g/mol. The van der Waals surface area contributed by atoms with Gasteiger partial charge in [-0.2, -0.15) is 5.26 Å². The van der Waals surface area contributed by atoms with Gasteiger partial charge in [0.05, 0.1) is 11.5 Å². The highest BCUT2D eigenvalue weighted by molar-refractivity contribution is 5.69. The number of hydrogen-bond acceptors (Lipinski definition) is 3. The van der Waals surface area contributed by atoms with E-state index >= 15 is 0 Å². The number of nitriles is 1. The zero-order valence-corrected chi connectivity index (χ0v) is 12.6. The Morgan fingerprint density at radius 2 is 2.18 bits per heavy atom. The third kappa shape index (κ3) is 2.99. The molecule has 22 heavy (non-hydrogen) atoms. The van der Waals surface area contributed by atoms with Crippen LogP contribution in [0, 0.1) is 16.7 Å². The van der Waals surface area contributed by atoms with E-state index in [0.717, 1.165) is 19.3 Å². The molecule has 1 aromatic rings. The van der Waals surface area contributed by atoms with Crippen LogP contribution in [-0.4, -0.2) is 30.2 Å². The average Bonchev–Trinajstić information content (AvgIpc) is 3.46. The van der Waals surface area contributed by atoms with Crippen molar-refractivity contribution in [1.82, 2.24) is 4.90 Å². The fourth-order valence-electron chi connectivity index (χ4n) is 2.90. The standard InChI is InChI=1S/C18H20N2O2/c1-2-10-22-17(21)20(13-18(12-19)8-9-18)16-11-15(16)14-6-4-3-5-7-14/h2-7,15-16H,1,8-11,13H2. The molecular weight excluding hydrogens is 276 g/mol. The molecule has 2 aliphatic carbocycles. The van der Waals surface area contributed by atoms with Crippen molar-refractivity contribution in [3.05, 3.63) is 48.6 Å². The molecular formula is C18H20N2O2. The predicted octanol–water partition coefficient (Wildman–Crippen LogP) is 3.47. The summed E-state index contributed by atoms with van der Waals surface area (Å²) in [6.45, 7) is 4.26. The van der Waals surface area contributed by atoms with E-state index in [0.29, 0.717) is 12.5 Å². The number of nitrogens with zero attached hydrogens (tertiary/aromatic N) is 2. The molecule has 0 saturated heterocycles. The second-order valence-electron chi connectivity index (χ2n) is 6.21. The van der Waals surface area contributed by atoms with Crippen LogP contribution in [0.25, 0.3) is 0 Å². The van der Waals surface area contributed by atoms with Crippen LogP contribution in [0.3, 0.4) is 0 Å². The molecule has 0 spiro atoms. The summed E-state index contributed by atoms with van der Waals surface area (Å²) < 4.78 is 5.22. The zero-order chi connectivity index (χ0) is 15.6. The minimum absolute atomic E-state index is 0.144. The highest BCUT2D eigenvalue weighted by atomic mass is 16.6. The third-order valence-corrected chi connectivity index (χ3v) is 4.51. The molecule has 0 bridgehead atoms. The maximum absolute atomic E-state index is 12.3. The molecule has 1 aromatic carbocycles. The van der Waals surface area contributed by atoms with Gasteiger partial charge in [0.15, 0.2) is 0 Å². The van der Waals surface area contributed by atoms with Crippen LogP contribution in [-0.2, 0) is 4.74 Å². The molecule has 0 aromatic heterocycles. The summed E-state index contributed by atoms with van der Waals surface area (Å²) in [5, 5.41) is 9.30. The summed E-state index contributed by atoms with van der Waals surface area (Å²) in [6, 6.07) is 12.7. The molecule has 3 rings (SSSR count). The van der Waals surface area contributed by atoms with Gasteiger partial charge in [-0.15, -0.1) is 0 Å². The van der Waals surface area contributed by atoms with Crippen molar-refractivity contribution in [1.29, 1.82) is 5.26 Å². The summed E-state index contributed by atoms with van der Waals surface area (Å²) in [7, 11) is 0. The Labute approximate surface area is 131 Å². The number of carbonyl (C=O) groups excluding carboxylic acids is 1. The van der Waals surface area contributed by atoms with E-state index in [-0.39, 0.29) is 24.2 Å². The number of rotatable bonds is 6. The molecule has 4 heteroatoms. The Kier molecular flexibility index (Phi) is 3.89. The molecule has 0 aliphatic heterocycles. The molecule has 0 N–H and O–H groups in total. The van der Waals surface area contributed by atoms with E-state index in [9.17, 15) is 10.1 Å². The molecule has 2 atom stereocenters. The Morgan fingerprint density at radius 3 is 2.77 bits per heavy atom. The van der Waals surface area contributed by atoms with Gasteiger partial charge in [0.2, 0.25) is 0 Å². The summed E-state index contributed by atoms with van der Waals surface area (Å²) in [5.41, 5.74) is 0.896. The van der Waals surface area contributed by atoms with Crippen molar-refractivity contribution < 1.29 is 9.53 Å². The van der Waals surface area contributed by atoms with E-state index in [1.165, 1.54) is 5.56 Å². The fraction of sp³-hybridized carbons (Fsp3) is 0.444. The van der Waals surface area contributed by atoms with Crippen molar-refractivity contribution >= 4 is 6.09 Å². The summed E-state index contributed by atoms with van der Waals surface area (Å²) in [6.07, 6.45) is 3.92. The van der Waals surface area contributed by atoms with Crippen molar-refractivity contribution in [2.24, 2.45) is 5.41 Å². The lowest BCUT2D eigenvalue weighted by molar-refractivity contribution is 0.103. The largest absolute Gasteiger partial charge is 0.445 e. The second kappa shape index (κ2) is 5.84. The van der Waals surface area contributed by atoms with Crippen LogP contribution in [0.5, 0.6) is 0 Å². The van der Waals surface area contributed by atoms with Crippen LogP contribution in [0.2, 0.25) is 0 Å². The predicted molar refractivity (Wildman–Crippen MR) is 83.1 cm³/mol. The lowest BCUT2D eigenvalue weighted by Crippen LogP contribution is -2.38. The minimum Gasteiger partial charge on any atom is -0.445 e. The maximum Gasteiger partial charge on any atom is 0.410 e. The fourth-order valence-corrected chi connectivity index (χ4v) is 2.90. The van der Waals surface area contributed by atoms with Gasteiger partial charge in [-0.3, -0.25) is 0 Å². The van der Waals surface area contributed by atoms with Crippen molar-refractivity contribution in [3.8, 4) is 6.07 Å². The number of carbonyl (C=O) groups is 1. The lowest BCUT2D eigenvalue weighted by atomic mass is 10.1. The van der Waals surface area contributed by atoms with Crippen molar-refractivity contribution in [2.45, 2.75) is 31.2 Å². The molecule has 2 saturated carbocycles. The lowest BCUT2D eigenvalue weighted by Gasteiger charge is -2.24. The van der Waals surface area contributed by atoms with Gasteiger partial charge in [0, 0.05) is 18.5 Å². The molecule has 2 unspecified atom stereocenters. The first kappa shape index (κ1) is 14.6. The SMILES string of the molecule is C=CCOC(=O)N(CC1(C#N)CC1)C1CC1c1ccccc1. The maximum atomic E-state index is 12.3. The first-order valence-corrected chi connectivity index (χ1v) is 7.69. The first-order valence-electron chi connectivity index (χ1n) is 7.69. The zero-order valence-electron chi connectivity index (χ0n) is 12.6. The average molecular weight is 296 g/mol. The van der Waals surface area contributed by atoms with Gasteiger partial charge in [-0.05, 0) is 24.8 Å². The summed E-state index contributed by atoms with van der Waals surface area (Å²) in [5.74, 6) is 0.354. The van der Waals surface area contributed by atoms with E-state index < -0.39 is 0 Å². The van der Waals surface area contributed by atoms with Crippen LogP contribution < -0.4 is 0 Å². The molecule has 2 aliphatic rings. The Hall–Kier alpha value is -2.28. The Morgan fingerprint density at radius 1 is 1.45 bits per heavy atom. The van der Waals surface area contributed by atoms with Crippen molar-refractivity contribution in [3.63, 3.8) is 0 Å². The van der Waals surface area contributed by atoms with Gasteiger partial charge in [-0.25, -0.2) is 4.79 Å². The molecule has 4 nitrogen and oxygen atoms in total. The quantitative estimate of drug-likeness (QED) is 0.755. The van der Waals surface area contributed by atoms with Gasteiger partial charge in [0.25, 0.3) is 0 Å². The Bertz CT molecular complexity index is 601. The van der Waals surface area contributed by atoms with Crippen LogP contribution in [0.4, 0.5) is 4.79 Å². The van der Waals surface area contributed by atoms with Gasteiger partial charge < -0.3 is 9.64 Å². The smallest absolute Gasteiger partial charge is 0.410 e. The van der Waals surface area contributed by atoms with E-state index in [2.05, 4.69) is 24.8 Å². The number of ether oxygens (including phenoxy) is 1. The molecule has 0 heterocycles. The normalized spacial score (nSPS) is 24.0. The molecule has 2 fully saturated rings. The topological polar surface area (TPSA) is 53.3 Å². The van der Waals surface area contributed by atoms with E-state index in [1.54, 1.807) is 11.0 Å². The van der Waals surface area contributed by atoms with Crippen molar-refractivity contribution in [2.75, 3.05) is 13.2 Å². The van der Waals surface area contributed by atoms with Crippen LogP contribution in [0.1, 0.15) is 30.7 Å². The number of amides is 1. The second-order valence-corrected chi connectivity index (χ2v) is 6.21. The van der Waals surface area contributed by atoms with Crippen LogP contribution >= 0.6 is 0 Å². The number of benzene rings is 1. The van der Waals surface area contributed by atoms with Gasteiger partial charge in [-0.1, -0.05) is 43.0 Å². The molecule has 1 amide bonds. The van der Waals surface area contributed by atoms with Crippen LogP contribution in [0.15, 0.2) is 43.0 Å². The van der Waals surface area contributed by atoms with E-state index in [1.807, 2.05) is 18.2 Å². The molecule has 114 valence electrons. The Balaban J connectivity index is 1.71. The molecule has 0 radical (unpaired) electrons. The summed E-state index contributed by atoms with van der Waals surface area (Å²) in [4.78, 5) is 14.1.